The third-order valence-corrected chi connectivity index (χ3v) is 0.583. The molecular weight excluding hydrogens is 158 g/mol. The molecule has 1 aliphatic heterocycles. The molecule has 0 aromatic rings. The van der Waals surface area contributed by atoms with Crippen LogP contribution in [0.15, 0.2) is 20.7 Å². The molecule has 0 radical (unpaired) electrons. The predicted molar refractivity (Wildman–Crippen MR) is 35.4 cm³/mol. The number of aliphatic carboxylic acids is 1. The Bertz CT molecular complexity index is 157. The molecule has 0 amide bonds. The summed E-state index contributed by atoms with van der Waals surface area (Å²) >= 11 is 0. The number of carbonyl (C=O) groups is 1. The molecule has 0 aromatic heterocycles. The van der Waals surface area contributed by atoms with E-state index in [2.05, 4.69) is 20.7 Å². The fourth-order valence-electron chi connectivity index (χ4n) is 0.266. The summed E-state index contributed by atoms with van der Waals surface area (Å²) in [6, 6.07) is 0. The van der Waals surface area contributed by atoms with Crippen molar-refractivity contribution in [2.75, 3.05) is 0 Å². The van der Waals surface area contributed by atoms with Crippen LogP contribution in [0.1, 0.15) is 0 Å². The van der Waals surface area contributed by atoms with E-state index in [-0.39, 0.29) is 59.1 Å². The van der Waals surface area contributed by atoms with Crippen LogP contribution >= 0.6 is 0 Å². The first-order valence-electron chi connectivity index (χ1n) is 1.83. The Kier molecular flexibility index (Phi) is 8.47. The number of hydrogen-bond donors (Lipinski definition) is 1. The molecule has 10 heavy (non-hydrogen) atoms. The van der Waals surface area contributed by atoms with Crippen molar-refractivity contribution in [3.63, 3.8) is 0 Å². The van der Waals surface area contributed by atoms with Crippen molar-refractivity contribution >= 4 is 65.1 Å². The van der Waals surface area contributed by atoms with Gasteiger partial charge in [0.05, 0.1) is 0 Å². The van der Waals surface area contributed by atoms with Crippen LogP contribution in [0.4, 0.5) is 0 Å². The van der Waals surface area contributed by atoms with Crippen LogP contribution in [-0.2, 0) is 4.79 Å². The van der Waals surface area contributed by atoms with Crippen LogP contribution in [-0.4, -0.2) is 76.4 Å². The van der Waals surface area contributed by atoms with E-state index in [1.165, 1.54) is 0 Å². The fraction of sp³-hybridized carbons (Fsp3) is 0.500. The van der Waals surface area contributed by atoms with Crippen molar-refractivity contribution in [1.29, 1.82) is 0 Å². The summed E-state index contributed by atoms with van der Waals surface area (Å²) in [7, 11) is 0. The summed E-state index contributed by atoms with van der Waals surface area (Å²) in [5, 5.41) is 20.3. The van der Waals surface area contributed by atoms with Crippen LogP contribution in [0.25, 0.3) is 0 Å². The number of carboxylic acids is 1. The molecule has 0 fully saturated rings. The Morgan fingerprint density at radius 1 is 1.20 bits per heavy atom. The summed E-state index contributed by atoms with van der Waals surface area (Å²) in [5.41, 5.74) is 0. The molecule has 1 rings (SSSR count). The molecule has 0 saturated heterocycles. The molecule has 1 heterocycles. The van der Waals surface area contributed by atoms with Crippen LogP contribution < -0.4 is 0 Å². The number of rotatable bonds is 1. The minimum atomic E-state index is -1.13. The van der Waals surface area contributed by atoms with Gasteiger partial charge in [0.2, 0.25) is 0 Å². The molecule has 0 unspecified atom stereocenters. The summed E-state index contributed by atoms with van der Waals surface area (Å²) in [6.07, 6.45) is -1.10. The van der Waals surface area contributed by atoms with Crippen molar-refractivity contribution in [2.45, 2.75) is 6.17 Å². The van der Waals surface area contributed by atoms with E-state index in [0.717, 1.165) is 0 Å². The Hall–Kier alpha value is 0.670. The maximum absolute atomic E-state index is 9.89. The molecule has 0 saturated carbocycles. The Morgan fingerprint density at radius 3 is 1.80 bits per heavy atom. The Labute approximate surface area is 101 Å². The summed E-state index contributed by atoms with van der Waals surface area (Å²) in [4.78, 5) is 9.89. The third-order valence-electron chi connectivity index (χ3n) is 0.583. The van der Waals surface area contributed by atoms with Gasteiger partial charge >= 0.3 is 65.1 Å². The molecule has 6 nitrogen and oxygen atoms in total. The van der Waals surface area contributed by atoms with Crippen molar-refractivity contribution in [3.8, 4) is 0 Å². The van der Waals surface area contributed by atoms with Gasteiger partial charge in [0.15, 0.2) is 0 Å². The summed E-state index contributed by atoms with van der Waals surface area (Å²) < 4.78 is 0. The van der Waals surface area contributed by atoms with Gasteiger partial charge in [-0.3, -0.25) is 0 Å². The van der Waals surface area contributed by atoms with Crippen molar-refractivity contribution in [1.82, 2.24) is 0 Å². The second kappa shape index (κ2) is 6.38. The third kappa shape index (κ3) is 3.75. The Morgan fingerprint density at radius 2 is 1.60 bits per heavy atom. The van der Waals surface area contributed by atoms with Crippen molar-refractivity contribution in [2.24, 2.45) is 20.7 Å². The molecule has 8 heteroatoms. The zero-order chi connectivity index (χ0) is 5.98. The second-order valence-corrected chi connectivity index (χ2v) is 1.12. The average molecular weight is 162 g/mol. The molecule has 1 aliphatic rings. The van der Waals surface area contributed by atoms with E-state index in [1.807, 2.05) is 0 Å². The number of carboxylic acid groups (broad SMARTS) is 1. The molecule has 0 atom stereocenters. The number of hydrogen-bond acceptors (Lipinski definition) is 5. The fourth-order valence-corrected chi connectivity index (χ4v) is 0.266. The van der Waals surface area contributed by atoms with E-state index in [9.17, 15) is 4.79 Å². The van der Waals surface area contributed by atoms with Crippen LogP contribution in [0, 0.1) is 0 Å². The zero-order valence-corrected chi connectivity index (χ0v) is 3.72. The van der Waals surface area contributed by atoms with E-state index >= 15 is 0 Å². The monoisotopic (exact) mass is 162 g/mol. The molecule has 0 bridgehead atoms. The first kappa shape index (κ1) is 13.3. The van der Waals surface area contributed by atoms with Gasteiger partial charge in [-0.25, -0.2) is 4.79 Å². The predicted octanol–water partition coefficient (Wildman–Crippen LogP) is -1.07. The molecule has 1 N–H and O–H groups in total. The Balaban J connectivity index is 0. The first-order chi connectivity index (χ1) is 3.80. The standard InChI is InChI=1S/C2H2N4O2.2Na.2H/c7-2(8)1-3-5-6-4-1;;;;/h1H,(H,7,8);;;;. The van der Waals surface area contributed by atoms with E-state index < -0.39 is 12.1 Å². The van der Waals surface area contributed by atoms with Gasteiger partial charge in [0.1, 0.15) is 0 Å². The van der Waals surface area contributed by atoms with E-state index in [1.54, 1.807) is 0 Å². The maximum atomic E-state index is 9.89. The average Bonchev–Trinajstić information content (AvgIpc) is 2.12. The zero-order valence-electron chi connectivity index (χ0n) is 3.72. The van der Waals surface area contributed by atoms with Gasteiger partial charge in [-0.15, -0.1) is 10.2 Å². The van der Waals surface area contributed by atoms with Crippen molar-refractivity contribution < 1.29 is 9.90 Å². The van der Waals surface area contributed by atoms with Gasteiger partial charge in [0, 0.05) is 0 Å². The van der Waals surface area contributed by atoms with Gasteiger partial charge in [-0.05, 0) is 10.4 Å². The second-order valence-electron chi connectivity index (χ2n) is 1.12. The quantitative estimate of drug-likeness (QED) is 0.498. The van der Waals surface area contributed by atoms with Gasteiger partial charge in [-0.2, -0.15) is 0 Å². The van der Waals surface area contributed by atoms with Gasteiger partial charge in [-0.1, -0.05) is 0 Å². The van der Waals surface area contributed by atoms with Crippen molar-refractivity contribution in [3.05, 3.63) is 0 Å². The van der Waals surface area contributed by atoms with Crippen LogP contribution in [0.3, 0.4) is 0 Å². The molecule has 0 spiro atoms. The molecule has 46 valence electrons. The van der Waals surface area contributed by atoms with Crippen LogP contribution in [0.2, 0.25) is 0 Å². The topological polar surface area (TPSA) is 86.7 Å². The van der Waals surface area contributed by atoms with Gasteiger partial charge < -0.3 is 5.11 Å². The van der Waals surface area contributed by atoms with Gasteiger partial charge in [0.25, 0.3) is 6.17 Å². The summed E-state index contributed by atoms with van der Waals surface area (Å²) in [6.45, 7) is 0. The molecule has 0 aromatic carbocycles. The molecule has 0 aliphatic carbocycles. The SMILES string of the molecule is O=C(O)C1N=NN=N1.[NaH].[NaH]. The van der Waals surface area contributed by atoms with Crippen LogP contribution in [0.5, 0.6) is 0 Å². The molecular formula is C2H4N4Na2O2. The number of nitrogens with zero attached hydrogens (tertiary/aromatic N) is 4. The first-order valence-corrected chi connectivity index (χ1v) is 1.83. The van der Waals surface area contributed by atoms with E-state index in [4.69, 9.17) is 5.11 Å². The summed E-state index contributed by atoms with van der Waals surface area (Å²) in [5.74, 6) is -1.13. The normalized spacial score (nSPS) is 14.0. The van der Waals surface area contributed by atoms with E-state index in [0.29, 0.717) is 0 Å². The minimum absolute atomic E-state index is 0.